The summed E-state index contributed by atoms with van der Waals surface area (Å²) in [4.78, 5) is 2.62. The average Bonchev–Trinajstić information content (AvgIpc) is 2.99. The van der Waals surface area contributed by atoms with Gasteiger partial charge in [-0.3, -0.25) is 0 Å². The quantitative estimate of drug-likeness (QED) is 0.913. The van der Waals surface area contributed by atoms with E-state index < -0.39 is 0 Å². The molecule has 1 aromatic rings. The van der Waals surface area contributed by atoms with E-state index in [1.54, 1.807) is 14.2 Å². The van der Waals surface area contributed by atoms with Crippen molar-refractivity contribution in [3.05, 3.63) is 23.8 Å². The van der Waals surface area contributed by atoms with Gasteiger partial charge < -0.3 is 19.7 Å². The highest BCUT2D eigenvalue weighted by Crippen LogP contribution is 2.55. The number of fused-ring (bicyclic) bond motifs is 1. The minimum absolute atomic E-state index is 0.275. The molecule has 2 heterocycles. The molecule has 1 spiro atoms. The van der Waals surface area contributed by atoms with Crippen molar-refractivity contribution >= 4 is 0 Å². The Bertz CT molecular complexity index is 626. The summed E-state index contributed by atoms with van der Waals surface area (Å²) in [7, 11) is 5.77. The summed E-state index contributed by atoms with van der Waals surface area (Å²) in [5.41, 5.74) is 2.23. The van der Waals surface area contributed by atoms with E-state index in [1.807, 2.05) is 0 Å². The van der Waals surface area contributed by atoms with Crippen LogP contribution in [0.25, 0.3) is 0 Å². The van der Waals surface area contributed by atoms with E-state index in [0.717, 1.165) is 11.5 Å². The van der Waals surface area contributed by atoms with Gasteiger partial charge in [-0.15, -0.1) is 0 Å². The summed E-state index contributed by atoms with van der Waals surface area (Å²) in [5.74, 6) is 1.69. The number of hydrogen-bond acceptors (Lipinski definition) is 4. The Kier molecular flexibility index (Phi) is 4.45. The minimum Gasteiger partial charge on any atom is -0.493 e. The molecule has 0 bridgehead atoms. The van der Waals surface area contributed by atoms with E-state index in [9.17, 15) is 0 Å². The normalized spacial score (nSPS) is 35.6. The van der Waals surface area contributed by atoms with Gasteiger partial charge >= 0.3 is 0 Å². The molecule has 3 atom stereocenters. The Balaban J connectivity index is 1.68. The lowest BCUT2D eigenvalue weighted by Gasteiger charge is -2.52. The molecule has 1 saturated carbocycles. The molecule has 4 heteroatoms. The topological polar surface area (TPSA) is 33.7 Å². The van der Waals surface area contributed by atoms with Crippen LogP contribution in [0.15, 0.2) is 18.2 Å². The zero-order valence-electron chi connectivity index (χ0n) is 15.9. The molecule has 1 aliphatic carbocycles. The van der Waals surface area contributed by atoms with E-state index in [2.05, 4.69) is 35.5 Å². The lowest BCUT2D eigenvalue weighted by atomic mass is 9.57. The van der Waals surface area contributed by atoms with Crippen molar-refractivity contribution in [2.24, 2.45) is 5.41 Å². The molecule has 1 unspecified atom stereocenters. The van der Waals surface area contributed by atoms with Crippen molar-refractivity contribution in [3.63, 3.8) is 0 Å². The number of methoxy groups -OCH3 is 2. The van der Waals surface area contributed by atoms with Crippen LogP contribution in [-0.4, -0.2) is 51.8 Å². The molecule has 0 radical (unpaired) electrons. The standard InChI is InChI=1S/C21H32N2O2/c1-23-12-10-21(16-5-6-17(24-2)18(13-16)25-3)9-8-20(14-19(21)23)7-4-11-22-15-20/h5-6,13,19,22H,4,7-12,14-15H2,1-3H3/t19-,20?,21-/m0/s1. The summed E-state index contributed by atoms with van der Waals surface area (Å²) in [6.45, 7) is 3.60. The van der Waals surface area contributed by atoms with Crippen LogP contribution in [0.2, 0.25) is 0 Å². The molecule has 0 amide bonds. The summed E-state index contributed by atoms with van der Waals surface area (Å²) >= 11 is 0. The van der Waals surface area contributed by atoms with Gasteiger partial charge in [0.2, 0.25) is 0 Å². The molecular formula is C21H32N2O2. The van der Waals surface area contributed by atoms with Gasteiger partial charge in [0, 0.05) is 18.0 Å². The SMILES string of the molecule is COc1ccc([C@]23CCN(C)[C@H]2CC2(CCCNC2)CC3)cc1OC. The molecule has 1 aromatic carbocycles. The average molecular weight is 344 g/mol. The molecule has 138 valence electrons. The van der Waals surface area contributed by atoms with Crippen molar-refractivity contribution < 1.29 is 9.47 Å². The molecule has 4 rings (SSSR count). The van der Waals surface area contributed by atoms with Crippen LogP contribution in [0.4, 0.5) is 0 Å². The fourth-order valence-electron chi connectivity index (χ4n) is 5.81. The highest BCUT2D eigenvalue weighted by molar-refractivity contribution is 5.46. The number of benzene rings is 1. The van der Waals surface area contributed by atoms with Crippen LogP contribution < -0.4 is 14.8 Å². The van der Waals surface area contributed by atoms with Crippen LogP contribution in [0.3, 0.4) is 0 Å². The van der Waals surface area contributed by atoms with E-state index >= 15 is 0 Å². The number of piperidine rings is 1. The van der Waals surface area contributed by atoms with E-state index in [0.29, 0.717) is 11.5 Å². The van der Waals surface area contributed by atoms with Crippen LogP contribution in [-0.2, 0) is 5.41 Å². The summed E-state index contributed by atoms with van der Waals surface area (Å²) in [5, 5.41) is 3.67. The fourth-order valence-corrected chi connectivity index (χ4v) is 5.81. The lowest BCUT2D eigenvalue weighted by Crippen LogP contribution is -2.53. The number of rotatable bonds is 3. The molecule has 25 heavy (non-hydrogen) atoms. The fraction of sp³-hybridized carbons (Fsp3) is 0.714. The Labute approximate surface area is 151 Å². The lowest BCUT2D eigenvalue weighted by molar-refractivity contribution is 0.0486. The molecule has 2 aliphatic heterocycles. The second-order valence-electron chi connectivity index (χ2n) is 8.46. The monoisotopic (exact) mass is 344 g/mol. The van der Waals surface area contributed by atoms with E-state index in [-0.39, 0.29) is 5.41 Å². The van der Waals surface area contributed by atoms with Crippen LogP contribution in [0, 0.1) is 5.41 Å². The van der Waals surface area contributed by atoms with Crippen LogP contribution >= 0.6 is 0 Å². The smallest absolute Gasteiger partial charge is 0.161 e. The van der Waals surface area contributed by atoms with Gasteiger partial charge in [-0.2, -0.15) is 0 Å². The van der Waals surface area contributed by atoms with E-state index in [4.69, 9.17) is 9.47 Å². The molecule has 3 aliphatic rings. The molecule has 4 nitrogen and oxygen atoms in total. The molecule has 0 aromatic heterocycles. The molecule has 3 fully saturated rings. The maximum absolute atomic E-state index is 5.60. The highest BCUT2D eigenvalue weighted by Gasteiger charge is 2.54. The maximum atomic E-state index is 5.60. The number of nitrogens with one attached hydrogen (secondary N) is 1. The van der Waals surface area contributed by atoms with Gasteiger partial charge in [-0.1, -0.05) is 6.07 Å². The first-order valence-electron chi connectivity index (χ1n) is 9.76. The van der Waals surface area contributed by atoms with Crippen molar-refractivity contribution in [3.8, 4) is 11.5 Å². The third-order valence-electron chi connectivity index (χ3n) is 7.33. The van der Waals surface area contributed by atoms with Crippen molar-refractivity contribution in [1.29, 1.82) is 0 Å². The summed E-state index contributed by atoms with van der Waals surface area (Å²) in [6, 6.07) is 7.25. The first kappa shape index (κ1) is 17.2. The largest absolute Gasteiger partial charge is 0.493 e. The number of hydrogen-bond donors (Lipinski definition) is 1. The Morgan fingerprint density at radius 1 is 1.08 bits per heavy atom. The number of likely N-dealkylation sites (tertiary alicyclic amines) is 1. The van der Waals surface area contributed by atoms with Crippen molar-refractivity contribution in [2.45, 2.75) is 50.0 Å². The highest BCUT2D eigenvalue weighted by atomic mass is 16.5. The van der Waals surface area contributed by atoms with Crippen LogP contribution in [0.5, 0.6) is 11.5 Å². The first-order chi connectivity index (χ1) is 12.1. The van der Waals surface area contributed by atoms with Gasteiger partial charge in [-0.05, 0) is 81.8 Å². The predicted octanol–water partition coefficient (Wildman–Crippen LogP) is 3.20. The number of nitrogens with zero attached hydrogens (tertiary/aromatic N) is 1. The minimum atomic E-state index is 0.275. The zero-order valence-corrected chi connectivity index (χ0v) is 15.9. The zero-order chi connectivity index (χ0) is 17.5. The van der Waals surface area contributed by atoms with Crippen molar-refractivity contribution in [1.82, 2.24) is 10.2 Å². The first-order valence-corrected chi connectivity index (χ1v) is 9.76. The Hall–Kier alpha value is -1.26. The summed E-state index contributed by atoms with van der Waals surface area (Å²) in [6.07, 6.45) is 7.95. The number of likely N-dealkylation sites (N-methyl/N-ethyl adjacent to an activating group) is 1. The molecule has 1 N–H and O–H groups in total. The third-order valence-corrected chi connectivity index (χ3v) is 7.33. The molecular weight excluding hydrogens is 312 g/mol. The van der Waals surface area contributed by atoms with Gasteiger partial charge in [0.05, 0.1) is 14.2 Å². The van der Waals surface area contributed by atoms with Gasteiger partial charge in [0.25, 0.3) is 0 Å². The third kappa shape index (κ3) is 2.74. The summed E-state index contributed by atoms with van der Waals surface area (Å²) < 4.78 is 11.1. The van der Waals surface area contributed by atoms with E-state index in [1.165, 1.54) is 63.7 Å². The second kappa shape index (κ2) is 6.48. The Morgan fingerprint density at radius 3 is 2.64 bits per heavy atom. The van der Waals surface area contributed by atoms with Gasteiger partial charge in [0.1, 0.15) is 0 Å². The predicted molar refractivity (Wildman–Crippen MR) is 101 cm³/mol. The number of ether oxygens (including phenoxy) is 2. The van der Waals surface area contributed by atoms with Crippen LogP contribution in [0.1, 0.15) is 44.1 Å². The van der Waals surface area contributed by atoms with Gasteiger partial charge in [-0.25, -0.2) is 0 Å². The van der Waals surface area contributed by atoms with Crippen molar-refractivity contribution in [2.75, 3.05) is 40.9 Å². The second-order valence-corrected chi connectivity index (χ2v) is 8.46. The maximum Gasteiger partial charge on any atom is 0.161 e. The molecule has 2 saturated heterocycles. The van der Waals surface area contributed by atoms with Gasteiger partial charge in [0.15, 0.2) is 11.5 Å². The Morgan fingerprint density at radius 2 is 1.92 bits per heavy atom.